The first kappa shape index (κ1) is 12.3. The summed E-state index contributed by atoms with van der Waals surface area (Å²) < 4.78 is 5.62. The van der Waals surface area contributed by atoms with E-state index in [2.05, 4.69) is 28.3 Å². The Labute approximate surface area is 102 Å². The average molecular weight is 236 g/mol. The normalized spacial score (nSPS) is 22.1. The van der Waals surface area contributed by atoms with Gasteiger partial charge in [0.1, 0.15) is 5.82 Å². The van der Waals surface area contributed by atoms with Crippen molar-refractivity contribution < 1.29 is 4.74 Å². The highest BCUT2D eigenvalue weighted by Gasteiger charge is 2.14. The molecule has 1 aromatic heterocycles. The standard InChI is InChI=1S/C12H20N4O/c1-10-8-16(5-2-6-17-10)9-11-3-4-12(15-13)14-7-11/h3-4,7,10H,2,5-6,8-9,13H2,1H3,(H,14,15). The summed E-state index contributed by atoms with van der Waals surface area (Å²) in [5, 5.41) is 0. The Bertz CT molecular complexity index is 341. The molecule has 1 saturated heterocycles. The van der Waals surface area contributed by atoms with Gasteiger partial charge in [0.2, 0.25) is 0 Å². The van der Waals surface area contributed by atoms with Crippen molar-refractivity contribution in [2.75, 3.05) is 25.1 Å². The largest absolute Gasteiger partial charge is 0.377 e. The molecule has 94 valence electrons. The Morgan fingerprint density at radius 1 is 1.59 bits per heavy atom. The van der Waals surface area contributed by atoms with Crippen LogP contribution in [0.3, 0.4) is 0 Å². The molecule has 1 aromatic rings. The van der Waals surface area contributed by atoms with E-state index >= 15 is 0 Å². The van der Waals surface area contributed by atoms with E-state index < -0.39 is 0 Å². The van der Waals surface area contributed by atoms with Crippen LogP contribution in [0.4, 0.5) is 5.82 Å². The minimum atomic E-state index is 0.315. The number of nitrogens with two attached hydrogens (primary N) is 1. The third-order valence-corrected chi connectivity index (χ3v) is 2.92. The fourth-order valence-corrected chi connectivity index (χ4v) is 2.09. The Hall–Kier alpha value is -1.17. The highest BCUT2D eigenvalue weighted by molar-refractivity contribution is 5.33. The summed E-state index contributed by atoms with van der Waals surface area (Å²) in [6.07, 6.45) is 3.28. The van der Waals surface area contributed by atoms with Crippen LogP contribution in [0.2, 0.25) is 0 Å². The summed E-state index contributed by atoms with van der Waals surface area (Å²) in [6.45, 7) is 5.98. The number of nitrogens with zero attached hydrogens (tertiary/aromatic N) is 2. The van der Waals surface area contributed by atoms with Crippen LogP contribution < -0.4 is 11.3 Å². The second-order valence-corrected chi connectivity index (χ2v) is 4.47. The number of ether oxygens (including phenoxy) is 1. The molecule has 0 saturated carbocycles. The summed E-state index contributed by atoms with van der Waals surface area (Å²) in [4.78, 5) is 6.62. The Kier molecular flexibility index (Phi) is 4.30. The van der Waals surface area contributed by atoms with Gasteiger partial charge >= 0.3 is 0 Å². The van der Waals surface area contributed by atoms with Crippen LogP contribution >= 0.6 is 0 Å². The minimum Gasteiger partial charge on any atom is -0.377 e. The highest BCUT2D eigenvalue weighted by atomic mass is 16.5. The molecule has 5 heteroatoms. The average Bonchev–Trinajstić information content (AvgIpc) is 2.55. The molecule has 1 atom stereocenters. The molecule has 0 amide bonds. The van der Waals surface area contributed by atoms with Crippen LogP contribution in [0.25, 0.3) is 0 Å². The SMILES string of the molecule is CC1CN(Cc2ccc(NN)nc2)CCCO1. The lowest BCUT2D eigenvalue weighted by Crippen LogP contribution is -2.29. The summed E-state index contributed by atoms with van der Waals surface area (Å²) in [7, 11) is 0. The fraction of sp³-hybridized carbons (Fsp3) is 0.583. The van der Waals surface area contributed by atoms with E-state index in [-0.39, 0.29) is 0 Å². The lowest BCUT2D eigenvalue weighted by atomic mass is 10.2. The van der Waals surface area contributed by atoms with E-state index in [9.17, 15) is 0 Å². The Balaban J connectivity index is 1.94. The summed E-state index contributed by atoms with van der Waals surface area (Å²) in [5.74, 6) is 5.98. The molecule has 5 nitrogen and oxygen atoms in total. The van der Waals surface area contributed by atoms with Crippen molar-refractivity contribution in [3.63, 3.8) is 0 Å². The van der Waals surface area contributed by atoms with Crippen LogP contribution in [0.15, 0.2) is 18.3 Å². The monoisotopic (exact) mass is 236 g/mol. The lowest BCUT2D eigenvalue weighted by molar-refractivity contribution is 0.0668. The molecule has 0 spiro atoms. The van der Waals surface area contributed by atoms with E-state index in [1.165, 1.54) is 5.56 Å². The highest BCUT2D eigenvalue weighted by Crippen LogP contribution is 2.11. The second kappa shape index (κ2) is 5.95. The van der Waals surface area contributed by atoms with E-state index in [0.717, 1.165) is 32.7 Å². The Morgan fingerprint density at radius 3 is 3.18 bits per heavy atom. The van der Waals surface area contributed by atoms with Crippen molar-refractivity contribution >= 4 is 5.82 Å². The Morgan fingerprint density at radius 2 is 2.47 bits per heavy atom. The molecule has 1 unspecified atom stereocenters. The summed E-state index contributed by atoms with van der Waals surface area (Å²) >= 11 is 0. The predicted octanol–water partition coefficient (Wildman–Crippen LogP) is 0.978. The third kappa shape index (κ3) is 3.66. The maximum Gasteiger partial charge on any atom is 0.139 e. The first-order chi connectivity index (χ1) is 8.28. The molecule has 0 aliphatic carbocycles. The van der Waals surface area contributed by atoms with Gasteiger partial charge in [0, 0.05) is 32.4 Å². The van der Waals surface area contributed by atoms with Crippen molar-refractivity contribution in [1.82, 2.24) is 9.88 Å². The van der Waals surface area contributed by atoms with E-state index in [1.54, 1.807) is 0 Å². The number of hydrogen-bond acceptors (Lipinski definition) is 5. The fourth-order valence-electron chi connectivity index (χ4n) is 2.09. The second-order valence-electron chi connectivity index (χ2n) is 4.47. The van der Waals surface area contributed by atoms with E-state index in [0.29, 0.717) is 11.9 Å². The molecule has 1 aliphatic heterocycles. The summed E-state index contributed by atoms with van der Waals surface area (Å²) in [5.41, 5.74) is 3.74. The van der Waals surface area contributed by atoms with E-state index in [1.807, 2.05) is 12.3 Å². The molecular weight excluding hydrogens is 216 g/mol. The first-order valence-corrected chi connectivity index (χ1v) is 6.03. The van der Waals surface area contributed by atoms with Gasteiger partial charge in [-0.2, -0.15) is 0 Å². The molecule has 3 N–H and O–H groups in total. The quantitative estimate of drug-likeness (QED) is 0.605. The molecular formula is C12H20N4O. The van der Waals surface area contributed by atoms with Gasteiger partial charge in [0.05, 0.1) is 6.10 Å². The number of rotatable bonds is 3. The van der Waals surface area contributed by atoms with Crippen LogP contribution in [0.5, 0.6) is 0 Å². The smallest absolute Gasteiger partial charge is 0.139 e. The maximum atomic E-state index is 5.62. The van der Waals surface area contributed by atoms with Crippen LogP contribution in [0.1, 0.15) is 18.9 Å². The van der Waals surface area contributed by atoms with Crippen LogP contribution in [-0.2, 0) is 11.3 Å². The van der Waals surface area contributed by atoms with Gasteiger partial charge in [-0.05, 0) is 25.0 Å². The molecule has 0 bridgehead atoms. The first-order valence-electron chi connectivity index (χ1n) is 6.03. The molecule has 0 aromatic carbocycles. The topological polar surface area (TPSA) is 63.4 Å². The van der Waals surface area contributed by atoms with Crippen molar-refractivity contribution in [2.24, 2.45) is 5.84 Å². The van der Waals surface area contributed by atoms with Crippen molar-refractivity contribution in [3.8, 4) is 0 Å². The van der Waals surface area contributed by atoms with Gasteiger partial charge in [-0.1, -0.05) is 6.07 Å². The maximum absolute atomic E-state index is 5.62. The predicted molar refractivity (Wildman–Crippen MR) is 67.4 cm³/mol. The van der Waals surface area contributed by atoms with Gasteiger partial charge < -0.3 is 10.2 Å². The molecule has 2 rings (SSSR count). The number of aromatic nitrogens is 1. The number of nitrogen functional groups attached to an aromatic ring is 1. The van der Waals surface area contributed by atoms with Crippen molar-refractivity contribution in [2.45, 2.75) is 26.0 Å². The van der Waals surface area contributed by atoms with Crippen LogP contribution in [0, 0.1) is 0 Å². The number of hydrogen-bond donors (Lipinski definition) is 2. The lowest BCUT2D eigenvalue weighted by Gasteiger charge is -2.21. The molecule has 1 fully saturated rings. The summed E-state index contributed by atoms with van der Waals surface area (Å²) in [6, 6.07) is 3.95. The van der Waals surface area contributed by atoms with Crippen molar-refractivity contribution in [3.05, 3.63) is 23.9 Å². The zero-order chi connectivity index (χ0) is 12.1. The number of anilines is 1. The molecule has 1 aliphatic rings. The van der Waals surface area contributed by atoms with Gasteiger partial charge in [-0.15, -0.1) is 0 Å². The zero-order valence-electron chi connectivity index (χ0n) is 10.2. The minimum absolute atomic E-state index is 0.315. The van der Waals surface area contributed by atoms with Gasteiger partial charge in [-0.3, -0.25) is 4.90 Å². The van der Waals surface area contributed by atoms with Gasteiger partial charge in [-0.25, -0.2) is 10.8 Å². The number of hydrazine groups is 1. The number of nitrogens with one attached hydrogen (secondary N) is 1. The van der Waals surface area contributed by atoms with E-state index in [4.69, 9.17) is 10.6 Å². The molecule has 17 heavy (non-hydrogen) atoms. The molecule has 0 radical (unpaired) electrons. The van der Waals surface area contributed by atoms with Crippen LogP contribution in [-0.4, -0.2) is 35.7 Å². The van der Waals surface area contributed by atoms with Crippen molar-refractivity contribution in [1.29, 1.82) is 0 Å². The molecule has 2 heterocycles. The number of pyridine rings is 1. The van der Waals surface area contributed by atoms with Gasteiger partial charge in [0.15, 0.2) is 0 Å². The van der Waals surface area contributed by atoms with Gasteiger partial charge in [0.25, 0.3) is 0 Å². The zero-order valence-corrected chi connectivity index (χ0v) is 10.2. The third-order valence-electron chi connectivity index (χ3n) is 2.92.